The largest absolute Gasteiger partial charge is 0.480 e. The van der Waals surface area contributed by atoms with Crippen LogP contribution in [0.1, 0.15) is 30.5 Å². The van der Waals surface area contributed by atoms with Crippen LogP contribution in [0.15, 0.2) is 5.38 Å². The summed E-state index contributed by atoms with van der Waals surface area (Å²) >= 11 is 1.58. The number of hydrogen-bond donors (Lipinski definition) is 2. The van der Waals surface area contributed by atoms with Gasteiger partial charge in [-0.25, -0.2) is 4.98 Å². The maximum atomic E-state index is 11.4. The predicted molar refractivity (Wildman–Crippen MR) is 65.0 cm³/mol. The Kier molecular flexibility index (Phi) is 5.09. The molecule has 1 aromatic heterocycles. The first-order valence-electron chi connectivity index (χ1n) is 5.42. The summed E-state index contributed by atoms with van der Waals surface area (Å²) in [7, 11) is 0. The van der Waals surface area contributed by atoms with Crippen LogP contribution in [0.3, 0.4) is 0 Å². The van der Waals surface area contributed by atoms with Gasteiger partial charge in [0.05, 0.1) is 5.01 Å². The van der Waals surface area contributed by atoms with E-state index in [1.165, 1.54) is 6.92 Å². The number of aryl methyl sites for hydroxylation is 2. The van der Waals surface area contributed by atoms with E-state index < -0.39 is 12.0 Å². The van der Waals surface area contributed by atoms with Crippen molar-refractivity contribution < 1.29 is 14.7 Å². The summed E-state index contributed by atoms with van der Waals surface area (Å²) in [5.41, 5.74) is 0.994. The Bertz CT molecular complexity index is 403. The van der Waals surface area contributed by atoms with Crippen LogP contribution in [0.4, 0.5) is 0 Å². The van der Waals surface area contributed by atoms with E-state index in [9.17, 15) is 9.59 Å². The monoisotopic (exact) mass is 256 g/mol. The molecule has 0 radical (unpaired) electrons. The van der Waals surface area contributed by atoms with E-state index in [-0.39, 0.29) is 5.91 Å². The van der Waals surface area contributed by atoms with Crippen LogP contribution in [0, 0.1) is 6.92 Å². The molecule has 0 spiro atoms. The van der Waals surface area contributed by atoms with Crippen LogP contribution in [0.5, 0.6) is 0 Å². The Labute approximate surface area is 104 Å². The molecule has 1 rings (SSSR count). The maximum absolute atomic E-state index is 11.4. The molecule has 0 saturated heterocycles. The van der Waals surface area contributed by atoms with E-state index in [1.807, 2.05) is 12.3 Å². The molecule has 2 N–H and O–H groups in total. The third kappa shape index (κ3) is 4.95. The van der Waals surface area contributed by atoms with Gasteiger partial charge in [0, 0.05) is 17.5 Å². The van der Waals surface area contributed by atoms with Gasteiger partial charge in [-0.05, 0) is 26.7 Å². The van der Waals surface area contributed by atoms with Gasteiger partial charge in [-0.1, -0.05) is 0 Å². The summed E-state index contributed by atoms with van der Waals surface area (Å²) < 4.78 is 0. The minimum absolute atomic E-state index is 0.229. The van der Waals surface area contributed by atoms with Crippen LogP contribution >= 0.6 is 11.3 Å². The third-order valence-electron chi connectivity index (χ3n) is 2.21. The van der Waals surface area contributed by atoms with Crippen molar-refractivity contribution in [3.8, 4) is 0 Å². The molecule has 0 aliphatic heterocycles. The van der Waals surface area contributed by atoms with Crippen LogP contribution in [0.2, 0.25) is 0 Å². The molecule has 6 heteroatoms. The van der Waals surface area contributed by atoms with Crippen molar-refractivity contribution in [1.29, 1.82) is 0 Å². The first-order valence-corrected chi connectivity index (χ1v) is 6.30. The van der Waals surface area contributed by atoms with Crippen molar-refractivity contribution in [2.75, 3.05) is 0 Å². The Balaban J connectivity index is 2.22. The third-order valence-corrected chi connectivity index (χ3v) is 3.24. The van der Waals surface area contributed by atoms with E-state index in [1.54, 1.807) is 11.3 Å². The van der Waals surface area contributed by atoms with Crippen molar-refractivity contribution in [2.45, 2.75) is 39.2 Å². The minimum atomic E-state index is -1.02. The average Bonchev–Trinajstić information content (AvgIpc) is 2.64. The SMILES string of the molecule is Cc1csc(CCCC(=O)NC(C)C(=O)O)n1. The molecule has 94 valence electrons. The molecule has 1 heterocycles. The number of aromatic nitrogens is 1. The normalized spacial score (nSPS) is 12.1. The van der Waals surface area contributed by atoms with Gasteiger partial charge in [-0.2, -0.15) is 0 Å². The summed E-state index contributed by atoms with van der Waals surface area (Å²) in [5, 5.41) is 14.0. The number of aliphatic carboxylic acids is 1. The van der Waals surface area contributed by atoms with Crippen LogP contribution in [-0.4, -0.2) is 28.0 Å². The van der Waals surface area contributed by atoms with Gasteiger partial charge < -0.3 is 10.4 Å². The second-order valence-corrected chi connectivity index (χ2v) is 4.81. The second kappa shape index (κ2) is 6.34. The zero-order valence-corrected chi connectivity index (χ0v) is 10.7. The zero-order chi connectivity index (χ0) is 12.8. The topological polar surface area (TPSA) is 79.3 Å². The molecule has 0 saturated carbocycles. The first kappa shape index (κ1) is 13.6. The standard InChI is InChI=1S/C11H16N2O3S/c1-7-6-17-10(12-7)5-3-4-9(14)13-8(2)11(15)16/h6,8H,3-5H2,1-2H3,(H,13,14)(H,15,16). The Hall–Kier alpha value is -1.43. The average molecular weight is 256 g/mol. The second-order valence-electron chi connectivity index (χ2n) is 3.86. The molecule has 0 fully saturated rings. The number of nitrogens with one attached hydrogen (secondary N) is 1. The molecule has 1 unspecified atom stereocenters. The lowest BCUT2D eigenvalue weighted by atomic mass is 10.2. The smallest absolute Gasteiger partial charge is 0.325 e. The van der Waals surface area contributed by atoms with Crippen LogP contribution in [-0.2, 0) is 16.0 Å². The molecule has 5 nitrogen and oxygen atoms in total. The van der Waals surface area contributed by atoms with E-state index >= 15 is 0 Å². The van der Waals surface area contributed by atoms with E-state index in [0.717, 1.165) is 17.1 Å². The van der Waals surface area contributed by atoms with Crippen molar-refractivity contribution in [2.24, 2.45) is 0 Å². The number of carboxylic acid groups (broad SMARTS) is 1. The number of carbonyl (C=O) groups is 2. The van der Waals surface area contributed by atoms with Gasteiger partial charge in [0.1, 0.15) is 6.04 Å². The van der Waals surface area contributed by atoms with Gasteiger partial charge in [-0.15, -0.1) is 11.3 Å². The summed E-state index contributed by atoms with van der Waals surface area (Å²) in [6, 6.07) is -0.829. The Morgan fingerprint density at radius 3 is 2.82 bits per heavy atom. The highest BCUT2D eigenvalue weighted by atomic mass is 32.1. The molecule has 0 aliphatic carbocycles. The zero-order valence-electron chi connectivity index (χ0n) is 9.90. The van der Waals surface area contributed by atoms with Gasteiger partial charge >= 0.3 is 5.97 Å². The number of carboxylic acids is 1. The maximum Gasteiger partial charge on any atom is 0.325 e. The summed E-state index contributed by atoms with van der Waals surface area (Å²) in [6.07, 6.45) is 1.77. The molecular formula is C11H16N2O3S. The number of hydrogen-bond acceptors (Lipinski definition) is 4. The Morgan fingerprint density at radius 2 is 2.29 bits per heavy atom. The van der Waals surface area contributed by atoms with Crippen LogP contribution < -0.4 is 5.32 Å². The highest BCUT2D eigenvalue weighted by molar-refractivity contribution is 7.09. The van der Waals surface area contributed by atoms with E-state index in [4.69, 9.17) is 5.11 Å². The van der Waals surface area contributed by atoms with Crippen molar-refractivity contribution in [3.63, 3.8) is 0 Å². The minimum Gasteiger partial charge on any atom is -0.480 e. The molecular weight excluding hydrogens is 240 g/mol. The van der Waals surface area contributed by atoms with E-state index in [0.29, 0.717) is 12.8 Å². The lowest BCUT2D eigenvalue weighted by molar-refractivity contribution is -0.141. The number of nitrogens with zero attached hydrogens (tertiary/aromatic N) is 1. The van der Waals surface area contributed by atoms with Gasteiger partial charge in [0.15, 0.2) is 0 Å². The summed E-state index contributed by atoms with van der Waals surface area (Å²) in [5.74, 6) is -1.25. The lowest BCUT2D eigenvalue weighted by Crippen LogP contribution is -2.38. The molecule has 0 aromatic carbocycles. The highest BCUT2D eigenvalue weighted by Crippen LogP contribution is 2.11. The number of carbonyl (C=O) groups excluding carboxylic acids is 1. The molecule has 1 atom stereocenters. The summed E-state index contributed by atoms with van der Waals surface area (Å²) in [6.45, 7) is 3.38. The van der Waals surface area contributed by atoms with Gasteiger partial charge in [0.25, 0.3) is 0 Å². The number of thiazole rings is 1. The fourth-order valence-electron chi connectivity index (χ4n) is 1.29. The molecule has 17 heavy (non-hydrogen) atoms. The van der Waals surface area contributed by atoms with Crippen molar-refractivity contribution in [3.05, 3.63) is 16.1 Å². The predicted octanol–water partition coefficient (Wildman–Crippen LogP) is 1.36. The van der Waals surface area contributed by atoms with Gasteiger partial charge in [0.2, 0.25) is 5.91 Å². The highest BCUT2D eigenvalue weighted by Gasteiger charge is 2.13. The van der Waals surface area contributed by atoms with Gasteiger partial charge in [-0.3, -0.25) is 9.59 Å². The lowest BCUT2D eigenvalue weighted by Gasteiger charge is -2.08. The fraction of sp³-hybridized carbons (Fsp3) is 0.545. The van der Waals surface area contributed by atoms with Crippen LogP contribution in [0.25, 0.3) is 0 Å². The molecule has 1 amide bonds. The Morgan fingerprint density at radius 1 is 1.59 bits per heavy atom. The fourth-order valence-corrected chi connectivity index (χ4v) is 2.11. The quantitative estimate of drug-likeness (QED) is 0.805. The van der Waals surface area contributed by atoms with Crippen molar-refractivity contribution in [1.82, 2.24) is 10.3 Å². The molecule has 0 bridgehead atoms. The molecule has 0 aliphatic rings. The van der Waals surface area contributed by atoms with Crippen molar-refractivity contribution >= 4 is 23.2 Å². The molecule has 1 aromatic rings. The van der Waals surface area contributed by atoms with E-state index in [2.05, 4.69) is 10.3 Å². The number of amides is 1. The number of rotatable bonds is 6. The first-order chi connectivity index (χ1) is 7.99. The summed E-state index contributed by atoms with van der Waals surface area (Å²) in [4.78, 5) is 26.2.